The number of benzene rings is 1. The SMILES string of the molecule is Cc1ccc(COCCCCBr)cc1. The predicted molar refractivity (Wildman–Crippen MR) is 63.9 cm³/mol. The summed E-state index contributed by atoms with van der Waals surface area (Å²) in [6.45, 7) is 3.70. The molecule has 1 nitrogen and oxygen atoms in total. The van der Waals surface area contributed by atoms with Crippen molar-refractivity contribution < 1.29 is 4.74 Å². The standard InChI is InChI=1S/C12H17BrO/c1-11-4-6-12(7-5-11)10-14-9-3-2-8-13/h4-7H,2-3,8-10H2,1H3. The second-order valence-electron chi connectivity index (χ2n) is 3.43. The molecule has 0 amide bonds. The molecular formula is C12H17BrO. The molecular weight excluding hydrogens is 240 g/mol. The Morgan fingerprint density at radius 2 is 1.86 bits per heavy atom. The molecule has 0 aliphatic rings. The lowest BCUT2D eigenvalue weighted by molar-refractivity contribution is 0.118. The van der Waals surface area contributed by atoms with Crippen molar-refractivity contribution in [2.24, 2.45) is 0 Å². The summed E-state index contributed by atoms with van der Waals surface area (Å²) >= 11 is 3.40. The van der Waals surface area contributed by atoms with E-state index in [1.54, 1.807) is 0 Å². The highest BCUT2D eigenvalue weighted by Gasteiger charge is 1.92. The Morgan fingerprint density at radius 1 is 1.14 bits per heavy atom. The maximum atomic E-state index is 5.54. The lowest BCUT2D eigenvalue weighted by Gasteiger charge is -2.03. The van der Waals surface area contributed by atoms with Crippen LogP contribution in [0.5, 0.6) is 0 Å². The lowest BCUT2D eigenvalue weighted by atomic mass is 10.2. The van der Waals surface area contributed by atoms with E-state index in [1.165, 1.54) is 17.5 Å². The summed E-state index contributed by atoms with van der Waals surface area (Å²) in [6.07, 6.45) is 2.32. The molecule has 0 spiro atoms. The highest BCUT2D eigenvalue weighted by atomic mass is 79.9. The van der Waals surface area contributed by atoms with Crippen LogP contribution >= 0.6 is 15.9 Å². The first kappa shape index (κ1) is 11.7. The van der Waals surface area contributed by atoms with E-state index < -0.39 is 0 Å². The summed E-state index contributed by atoms with van der Waals surface area (Å²) < 4.78 is 5.54. The summed E-state index contributed by atoms with van der Waals surface area (Å²) in [5, 5.41) is 1.07. The molecule has 0 fully saturated rings. The number of ether oxygens (including phenoxy) is 1. The van der Waals surface area contributed by atoms with Crippen molar-refractivity contribution in [3.63, 3.8) is 0 Å². The fourth-order valence-electron chi connectivity index (χ4n) is 1.17. The van der Waals surface area contributed by atoms with Crippen molar-refractivity contribution >= 4 is 15.9 Å². The van der Waals surface area contributed by atoms with Gasteiger partial charge in [-0.15, -0.1) is 0 Å². The molecule has 2 heteroatoms. The molecule has 78 valence electrons. The Morgan fingerprint density at radius 3 is 2.50 bits per heavy atom. The average molecular weight is 257 g/mol. The van der Waals surface area contributed by atoms with E-state index in [-0.39, 0.29) is 0 Å². The molecule has 1 aromatic carbocycles. The maximum Gasteiger partial charge on any atom is 0.0716 e. The zero-order valence-corrected chi connectivity index (χ0v) is 10.2. The van der Waals surface area contributed by atoms with Gasteiger partial charge in [-0.25, -0.2) is 0 Å². The molecule has 0 bridgehead atoms. The molecule has 0 aromatic heterocycles. The minimum Gasteiger partial charge on any atom is -0.377 e. The smallest absolute Gasteiger partial charge is 0.0716 e. The molecule has 0 aliphatic heterocycles. The fraction of sp³-hybridized carbons (Fsp3) is 0.500. The van der Waals surface area contributed by atoms with Gasteiger partial charge in [-0.3, -0.25) is 0 Å². The first-order chi connectivity index (χ1) is 6.83. The van der Waals surface area contributed by atoms with Crippen molar-refractivity contribution in [2.45, 2.75) is 26.4 Å². The number of aryl methyl sites for hydroxylation is 1. The molecule has 0 saturated heterocycles. The van der Waals surface area contributed by atoms with E-state index in [0.717, 1.165) is 25.0 Å². The summed E-state index contributed by atoms with van der Waals surface area (Å²) in [7, 11) is 0. The van der Waals surface area contributed by atoms with Crippen molar-refractivity contribution in [1.82, 2.24) is 0 Å². The molecule has 0 heterocycles. The van der Waals surface area contributed by atoms with Crippen molar-refractivity contribution in [3.8, 4) is 0 Å². The first-order valence-electron chi connectivity index (χ1n) is 5.02. The van der Waals surface area contributed by atoms with Crippen LogP contribution < -0.4 is 0 Å². The first-order valence-corrected chi connectivity index (χ1v) is 6.14. The van der Waals surface area contributed by atoms with Crippen molar-refractivity contribution in [2.75, 3.05) is 11.9 Å². The number of alkyl halides is 1. The monoisotopic (exact) mass is 256 g/mol. The minimum atomic E-state index is 0.739. The summed E-state index contributed by atoms with van der Waals surface area (Å²) in [5.74, 6) is 0. The number of rotatable bonds is 6. The van der Waals surface area contributed by atoms with E-state index in [4.69, 9.17) is 4.74 Å². The second kappa shape index (κ2) is 7.02. The molecule has 0 radical (unpaired) electrons. The van der Waals surface area contributed by atoms with Gasteiger partial charge in [0.25, 0.3) is 0 Å². The molecule has 1 aromatic rings. The molecule has 0 aliphatic carbocycles. The zero-order valence-electron chi connectivity index (χ0n) is 8.63. The van der Waals surface area contributed by atoms with Crippen LogP contribution in [0.15, 0.2) is 24.3 Å². The van der Waals surface area contributed by atoms with Crippen molar-refractivity contribution in [1.29, 1.82) is 0 Å². The summed E-state index contributed by atoms with van der Waals surface area (Å²) in [5.41, 5.74) is 2.56. The van der Waals surface area contributed by atoms with Crippen LogP contribution in [0.4, 0.5) is 0 Å². The summed E-state index contributed by atoms with van der Waals surface area (Å²) in [6, 6.07) is 8.49. The highest BCUT2D eigenvalue weighted by Crippen LogP contribution is 2.05. The number of hydrogen-bond acceptors (Lipinski definition) is 1. The van der Waals surface area contributed by atoms with Gasteiger partial charge in [0.1, 0.15) is 0 Å². The third-order valence-electron chi connectivity index (χ3n) is 2.06. The Balaban J connectivity index is 2.15. The molecule has 1 rings (SSSR count). The van der Waals surface area contributed by atoms with Crippen LogP contribution in [0.1, 0.15) is 24.0 Å². The van der Waals surface area contributed by atoms with Crippen LogP contribution in [0.25, 0.3) is 0 Å². The predicted octanol–water partition coefficient (Wildman–Crippen LogP) is 3.69. The topological polar surface area (TPSA) is 9.23 Å². The van der Waals surface area contributed by atoms with E-state index in [9.17, 15) is 0 Å². The quantitative estimate of drug-likeness (QED) is 0.558. The second-order valence-corrected chi connectivity index (χ2v) is 4.23. The van der Waals surface area contributed by atoms with Gasteiger partial charge in [0, 0.05) is 11.9 Å². The third-order valence-corrected chi connectivity index (χ3v) is 2.62. The lowest BCUT2D eigenvalue weighted by Crippen LogP contribution is -1.95. The molecule has 14 heavy (non-hydrogen) atoms. The van der Waals surface area contributed by atoms with Gasteiger partial charge >= 0.3 is 0 Å². The van der Waals surface area contributed by atoms with Gasteiger partial charge in [0.05, 0.1) is 6.61 Å². The third kappa shape index (κ3) is 4.77. The van der Waals surface area contributed by atoms with Gasteiger partial charge in [-0.05, 0) is 25.3 Å². The minimum absolute atomic E-state index is 0.739. The van der Waals surface area contributed by atoms with E-state index in [1.807, 2.05) is 0 Å². The normalized spacial score (nSPS) is 10.4. The molecule has 0 N–H and O–H groups in total. The van der Waals surface area contributed by atoms with Gasteiger partial charge in [-0.1, -0.05) is 45.8 Å². The van der Waals surface area contributed by atoms with Crippen LogP contribution in [0, 0.1) is 6.92 Å². The average Bonchev–Trinajstić information content (AvgIpc) is 2.21. The summed E-state index contributed by atoms with van der Waals surface area (Å²) in [4.78, 5) is 0. The largest absolute Gasteiger partial charge is 0.377 e. The Hall–Kier alpha value is -0.340. The Bertz CT molecular complexity index is 243. The van der Waals surface area contributed by atoms with Gasteiger partial charge in [0.2, 0.25) is 0 Å². The molecule has 0 unspecified atom stereocenters. The van der Waals surface area contributed by atoms with Crippen LogP contribution in [-0.2, 0) is 11.3 Å². The van der Waals surface area contributed by atoms with Crippen LogP contribution in [-0.4, -0.2) is 11.9 Å². The van der Waals surface area contributed by atoms with Crippen LogP contribution in [0.3, 0.4) is 0 Å². The van der Waals surface area contributed by atoms with Crippen molar-refractivity contribution in [3.05, 3.63) is 35.4 Å². The Kier molecular flexibility index (Phi) is 5.88. The van der Waals surface area contributed by atoms with E-state index in [0.29, 0.717) is 0 Å². The van der Waals surface area contributed by atoms with Gasteiger partial charge in [0.15, 0.2) is 0 Å². The van der Waals surface area contributed by atoms with Gasteiger partial charge < -0.3 is 4.74 Å². The number of unbranched alkanes of at least 4 members (excludes halogenated alkanes) is 1. The molecule has 0 saturated carbocycles. The van der Waals surface area contributed by atoms with Crippen LogP contribution in [0.2, 0.25) is 0 Å². The van der Waals surface area contributed by atoms with E-state index >= 15 is 0 Å². The fourth-order valence-corrected chi connectivity index (χ4v) is 1.57. The maximum absolute atomic E-state index is 5.54. The highest BCUT2D eigenvalue weighted by molar-refractivity contribution is 9.09. The van der Waals surface area contributed by atoms with E-state index in [2.05, 4.69) is 47.1 Å². The number of hydrogen-bond donors (Lipinski definition) is 0. The molecule has 0 atom stereocenters. The van der Waals surface area contributed by atoms with Gasteiger partial charge in [-0.2, -0.15) is 0 Å². The zero-order chi connectivity index (χ0) is 10.2. The Labute approximate surface area is 94.6 Å². The number of halogens is 1.